The molecule has 0 spiro atoms. The fourth-order valence-electron chi connectivity index (χ4n) is 1.99. The van der Waals surface area contributed by atoms with E-state index in [1.807, 2.05) is 0 Å². The van der Waals surface area contributed by atoms with E-state index in [0.717, 1.165) is 32.9 Å². The van der Waals surface area contributed by atoms with Gasteiger partial charge in [0.15, 0.2) is 0 Å². The third-order valence-corrected chi connectivity index (χ3v) is 3.15. The molecule has 2 fully saturated rings. The second-order valence-corrected chi connectivity index (χ2v) is 4.46. The van der Waals surface area contributed by atoms with Crippen molar-refractivity contribution < 1.29 is 9.47 Å². The van der Waals surface area contributed by atoms with E-state index in [1.54, 1.807) is 0 Å². The molecule has 2 saturated heterocycles. The Morgan fingerprint density at radius 1 is 1.43 bits per heavy atom. The molecule has 0 aliphatic carbocycles. The molecular formula is C10H20N2O2. The van der Waals surface area contributed by atoms with Gasteiger partial charge in [0.1, 0.15) is 0 Å². The molecule has 2 rings (SSSR count). The van der Waals surface area contributed by atoms with Gasteiger partial charge in [0.25, 0.3) is 0 Å². The third-order valence-electron chi connectivity index (χ3n) is 3.15. The first-order valence-corrected chi connectivity index (χ1v) is 5.45. The molecule has 0 bridgehead atoms. The number of hydrogen-bond donors (Lipinski definition) is 2. The van der Waals surface area contributed by atoms with Crippen molar-refractivity contribution in [2.75, 3.05) is 39.5 Å². The zero-order valence-corrected chi connectivity index (χ0v) is 8.63. The zero-order chi connectivity index (χ0) is 9.86. The largest absolute Gasteiger partial charge is 0.380 e. The monoisotopic (exact) mass is 200 g/mol. The minimum absolute atomic E-state index is 0.207. The van der Waals surface area contributed by atoms with Crippen LogP contribution in [0.3, 0.4) is 0 Å². The molecule has 2 aliphatic heterocycles. The fraction of sp³-hybridized carbons (Fsp3) is 1.00. The zero-order valence-electron chi connectivity index (χ0n) is 8.63. The van der Waals surface area contributed by atoms with Crippen molar-refractivity contribution in [3.63, 3.8) is 0 Å². The molecule has 82 valence electrons. The second-order valence-electron chi connectivity index (χ2n) is 4.46. The Hall–Kier alpha value is -0.160. The average Bonchev–Trinajstić information content (AvgIpc) is 2.62. The highest BCUT2D eigenvalue weighted by Gasteiger charge is 2.36. The SMILES string of the molecule is NCC1(CNCC2CCCO2)COC1. The van der Waals surface area contributed by atoms with Crippen LogP contribution in [0.25, 0.3) is 0 Å². The van der Waals surface area contributed by atoms with E-state index in [9.17, 15) is 0 Å². The summed E-state index contributed by atoms with van der Waals surface area (Å²) in [6, 6.07) is 0. The normalized spacial score (nSPS) is 30.2. The number of nitrogens with two attached hydrogens (primary N) is 1. The topological polar surface area (TPSA) is 56.5 Å². The predicted octanol–water partition coefficient (Wildman–Crippen LogP) is -0.270. The van der Waals surface area contributed by atoms with Crippen LogP contribution >= 0.6 is 0 Å². The Morgan fingerprint density at radius 3 is 2.79 bits per heavy atom. The summed E-state index contributed by atoms with van der Waals surface area (Å²) >= 11 is 0. The second kappa shape index (κ2) is 4.57. The molecule has 0 amide bonds. The molecule has 2 aliphatic rings. The summed E-state index contributed by atoms with van der Waals surface area (Å²) in [5.41, 5.74) is 5.92. The van der Waals surface area contributed by atoms with E-state index in [-0.39, 0.29) is 5.41 Å². The molecule has 0 aromatic heterocycles. The van der Waals surface area contributed by atoms with E-state index < -0.39 is 0 Å². The molecule has 4 nitrogen and oxygen atoms in total. The molecule has 14 heavy (non-hydrogen) atoms. The molecule has 1 atom stereocenters. The minimum atomic E-state index is 0.207. The standard InChI is InChI=1S/C10H20N2O2/c11-5-10(7-13-8-10)6-12-4-9-2-1-3-14-9/h9,12H,1-8,11H2. The lowest BCUT2D eigenvalue weighted by atomic mass is 9.86. The van der Waals surface area contributed by atoms with Gasteiger partial charge in [-0.1, -0.05) is 0 Å². The summed E-state index contributed by atoms with van der Waals surface area (Å²) in [5, 5.41) is 3.44. The third kappa shape index (κ3) is 2.25. The van der Waals surface area contributed by atoms with E-state index in [1.165, 1.54) is 12.8 Å². The molecule has 4 heteroatoms. The number of rotatable bonds is 5. The molecular weight excluding hydrogens is 180 g/mol. The van der Waals surface area contributed by atoms with E-state index >= 15 is 0 Å². The van der Waals surface area contributed by atoms with Crippen molar-refractivity contribution in [1.29, 1.82) is 0 Å². The molecule has 0 radical (unpaired) electrons. The fourth-order valence-corrected chi connectivity index (χ4v) is 1.99. The van der Waals surface area contributed by atoms with Crippen LogP contribution in [0.15, 0.2) is 0 Å². The van der Waals surface area contributed by atoms with Crippen molar-refractivity contribution in [1.82, 2.24) is 5.32 Å². The highest BCUT2D eigenvalue weighted by molar-refractivity contribution is 4.88. The van der Waals surface area contributed by atoms with Gasteiger partial charge in [-0.25, -0.2) is 0 Å². The maximum absolute atomic E-state index is 5.71. The summed E-state index contributed by atoms with van der Waals surface area (Å²) in [4.78, 5) is 0. The Balaban J connectivity index is 1.61. The molecule has 0 aromatic carbocycles. The van der Waals surface area contributed by atoms with Gasteiger partial charge in [-0.05, 0) is 12.8 Å². The minimum Gasteiger partial charge on any atom is -0.380 e. The first-order chi connectivity index (χ1) is 6.85. The summed E-state index contributed by atoms with van der Waals surface area (Å²) in [6.07, 6.45) is 2.82. The van der Waals surface area contributed by atoms with Crippen LogP contribution in [-0.2, 0) is 9.47 Å². The summed E-state index contributed by atoms with van der Waals surface area (Å²) in [5.74, 6) is 0. The van der Waals surface area contributed by atoms with E-state index in [2.05, 4.69) is 5.32 Å². The quantitative estimate of drug-likeness (QED) is 0.641. The van der Waals surface area contributed by atoms with Crippen LogP contribution in [0, 0.1) is 5.41 Å². The molecule has 1 unspecified atom stereocenters. The smallest absolute Gasteiger partial charge is 0.0700 e. The van der Waals surface area contributed by atoms with Crippen molar-refractivity contribution in [3.05, 3.63) is 0 Å². The van der Waals surface area contributed by atoms with Crippen LogP contribution in [0.2, 0.25) is 0 Å². The Kier molecular flexibility index (Phi) is 3.38. The van der Waals surface area contributed by atoms with Crippen LogP contribution in [0.4, 0.5) is 0 Å². The van der Waals surface area contributed by atoms with Crippen LogP contribution in [0.1, 0.15) is 12.8 Å². The predicted molar refractivity (Wildman–Crippen MR) is 54.2 cm³/mol. The molecule has 2 heterocycles. The molecule has 0 saturated carbocycles. The highest BCUT2D eigenvalue weighted by Crippen LogP contribution is 2.24. The maximum atomic E-state index is 5.71. The van der Waals surface area contributed by atoms with Crippen LogP contribution < -0.4 is 11.1 Å². The lowest BCUT2D eigenvalue weighted by molar-refractivity contribution is -0.105. The van der Waals surface area contributed by atoms with Gasteiger partial charge in [-0.2, -0.15) is 0 Å². The summed E-state index contributed by atoms with van der Waals surface area (Å²) < 4.78 is 10.7. The first-order valence-electron chi connectivity index (χ1n) is 5.45. The Bertz CT molecular complexity index is 171. The maximum Gasteiger partial charge on any atom is 0.0700 e. The van der Waals surface area contributed by atoms with Crippen LogP contribution in [0.5, 0.6) is 0 Å². The van der Waals surface area contributed by atoms with E-state index in [0.29, 0.717) is 12.6 Å². The lowest BCUT2D eigenvalue weighted by Crippen LogP contribution is -2.55. The Labute approximate surface area is 85.1 Å². The van der Waals surface area contributed by atoms with Gasteiger partial charge in [0, 0.05) is 31.7 Å². The van der Waals surface area contributed by atoms with Gasteiger partial charge in [0.2, 0.25) is 0 Å². The van der Waals surface area contributed by atoms with Gasteiger partial charge in [0.05, 0.1) is 19.3 Å². The number of ether oxygens (including phenoxy) is 2. The molecule has 3 N–H and O–H groups in total. The van der Waals surface area contributed by atoms with Crippen molar-refractivity contribution in [2.24, 2.45) is 11.1 Å². The van der Waals surface area contributed by atoms with Crippen LogP contribution in [-0.4, -0.2) is 45.6 Å². The number of nitrogens with one attached hydrogen (secondary N) is 1. The first kappa shape index (κ1) is 10.4. The Morgan fingerprint density at radius 2 is 2.29 bits per heavy atom. The summed E-state index contributed by atoms with van der Waals surface area (Å²) in [7, 11) is 0. The summed E-state index contributed by atoms with van der Waals surface area (Å²) in [6.45, 7) is 5.18. The van der Waals surface area contributed by atoms with Crippen molar-refractivity contribution >= 4 is 0 Å². The number of hydrogen-bond acceptors (Lipinski definition) is 4. The van der Waals surface area contributed by atoms with Gasteiger partial charge >= 0.3 is 0 Å². The average molecular weight is 200 g/mol. The highest BCUT2D eigenvalue weighted by atomic mass is 16.5. The van der Waals surface area contributed by atoms with Gasteiger partial charge in [-0.15, -0.1) is 0 Å². The van der Waals surface area contributed by atoms with Gasteiger partial charge < -0.3 is 20.5 Å². The van der Waals surface area contributed by atoms with Gasteiger partial charge in [-0.3, -0.25) is 0 Å². The van der Waals surface area contributed by atoms with Crippen molar-refractivity contribution in [3.8, 4) is 0 Å². The lowest BCUT2D eigenvalue weighted by Gasteiger charge is -2.40. The molecule has 0 aromatic rings. The van der Waals surface area contributed by atoms with Crippen molar-refractivity contribution in [2.45, 2.75) is 18.9 Å². The van der Waals surface area contributed by atoms with E-state index in [4.69, 9.17) is 15.2 Å².